The second-order valence-electron chi connectivity index (χ2n) is 5.88. The molecule has 0 aliphatic heterocycles. The summed E-state index contributed by atoms with van der Waals surface area (Å²) in [6, 6.07) is 15.3. The first-order chi connectivity index (χ1) is 13.4. The molecule has 3 aromatic rings. The molecule has 0 atom stereocenters. The van der Waals surface area contributed by atoms with E-state index in [1.165, 1.54) is 24.5 Å². The molecule has 0 aliphatic rings. The number of halogens is 3. The number of para-hydroxylation sites is 1. The number of hydrogen-bond donors (Lipinski definition) is 1. The van der Waals surface area contributed by atoms with E-state index in [2.05, 4.69) is 15.3 Å². The van der Waals surface area contributed by atoms with Gasteiger partial charge in [-0.3, -0.25) is 4.79 Å². The molecule has 0 unspecified atom stereocenters. The maximum absolute atomic E-state index is 12.9. The fraction of sp³-hybridized carbons (Fsp3) is 0.150. The van der Waals surface area contributed by atoms with E-state index in [-0.39, 0.29) is 23.1 Å². The van der Waals surface area contributed by atoms with Gasteiger partial charge in [0.15, 0.2) is 0 Å². The molecule has 5 nitrogen and oxygen atoms in total. The van der Waals surface area contributed by atoms with Gasteiger partial charge in [0.05, 0.1) is 5.56 Å². The van der Waals surface area contributed by atoms with Gasteiger partial charge >= 0.3 is 6.18 Å². The van der Waals surface area contributed by atoms with Crippen molar-refractivity contribution in [3.8, 4) is 0 Å². The number of nitrogens with zero attached hydrogens (tertiary/aromatic N) is 3. The summed E-state index contributed by atoms with van der Waals surface area (Å²) in [5.74, 6) is -0.106. The van der Waals surface area contributed by atoms with Gasteiger partial charge in [-0.1, -0.05) is 24.3 Å². The van der Waals surface area contributed by atoms with Crippen LogP contribution in [0, 0.1) is 0 Å². The monoisotopic (exact) mass is 386 g/mol. The Morgan fingerprint density at radius 3 is 2.46 bits per heavy atom. The number of hydrogen-bond acceptors (Lipinski definition) is 4. The van der Waals surface area contributed by atoms with Gasteiger partial charge in [0.2, 0.25) is 0 Å². The molecule has 144 valence electrons. The minimum Gasteiger partial charge on any atom is -0.340 e. The molecule has 1 heterocycles. The summed E-state index contributed by atoms with van der Waals surface area (Å²) < 4.78 is 38.6. The van der Waals surface area contributed by atoms with Crippen molar-refractivity contribution in [1.82, 2.24) is 9.97 Å². The molecular formula is C20H17F3N4O. The lowest BCUT2D eigenvalue weighted by atomic mass is 10.2. The van der Waals surface area contributed by atoms with Crippen molar-refractivity contribution >= 4 is 23.1 Å². The van der Waals surface area contributed by atoms with E-state index in [0.29, 0.717) is 6.54 Å². The SMILES string of the molecule is CCN(C(=O)c1cc(Nc2cccc(C(F)(F)F)c2)ncn1)c1ccccc1. The van der Waals surface area contributed by atoms with Crippen molar-refractivity contribution in [3.63, 3.8) is 0 Å². The topological polar surface area (TPSA) is 58.1 Å². The first-order valence-corrected chi connectivity index (χ1v) is 8.51. The van der Waals surface area contributed by atoms with Crippen LogP contribution in [0.2, 0.25) is 0 Å². The largest absolute Gasteiger partial charge is 0.416 e. The lowest BCUT2D eigenvalue weighted by molar-refractivity contribution is -0.137. The van der Waals surface area contributed by atoms with Crippen LogP contribution in [0.15, 0.2) is 67.0 Å². The number of carbonyl (C=O) groups excluding carboxylic acids is 1. The van der Waals surface area contributed by atoms with Gasteiger partial charge in [-0.15, -0.1) is 0 Å². The molecule has 0 fully saturated rings. The Bertz CT molecular complexity index is 961. The Kier molecular flexibility index (Phi) is 5.58. The molecular weight excluding hydrogens is 369 g/mol. The maximum atomic E-state index is 12.9. The molecule has 28 heavy (non-hydrogen) atoms. The first kappa shape index (κ1) is 19.3. The lowest BCUT2D eigenvalue weighted by Gasteiger charge is -2.20. The smallest absolute Gasteiger partial charge is 0.340 e. The zero-order valence-electron chi connectivity index (χ0n) is 14.9. The Balaban J connectivity index is 1.83. The Morgan fingerprint density at radius 2 is 1.79 bits per heavy atom. The summed E-state index contributed by atoms with van der Waals surface area (Å²) in [4.78, 5) is 22.4. The molecule has 0 radical (unpaired) electrons. The minimum absolute atomic E-state index is 0.134. The lowest BCUT2D eigenvalue weighted by Crippen LogP contribution is -2.31. The highest BCUT2D eigenvalue weighted by Crippen LogP contribution is 2.31. The van der Waals surface area contributed by atoms with Crippen LogP contribution in [-0.2, 0) is 6.18 Å². The standard InChI is InChI=1S/C20H17F3N4O/c1-2-27(16-9-4-3-5-10-16)19(28)17-12-18(25-13-24-17)26-15-8-6-7-14(11-15)20(21,22)23/h3-13H,2H2,1H3,(H,24,25,26). The van der Waals surface area contributed by atoms with Gasteiger partial charge in [-0.05, 0) is 37.3 Å². The van der Waals surface area contributed by atoms with Crippen molar-refractivity contribution in [3.05, 3.63) is 78.2 Å². The zero-order chi connectivity index (χ0) is 20.1. The van der Waals surface area contributed by atoms with Crippen molar-refractivity contribution in [2.75, 3.05) is 16.8 Å². The van der Waals surface area contributed by atoms with Crippen LogP contribution >= 0.6 is 0 Å². The molecule has 0 spiro atoms. The van der Waals surface area contributed by atoms with Crippen molar-refractivity contribution in [2.45, 2.75) is 13.1 Å². The highest BCUT2D eigenvalue weighted by molar-refractivity contribution is 6.05. The summed E-state index contributed by atoms with van der Waals surface area (Å²) >= 11 is 0. The van der Waals surface area contributed by atoms with Crippen LogP contribution in [0.5, 0.6) is 0 Å². The number of amides is 1. The average molecular weight is 386 g/mol. The number of benzene rings is 2. The van der Waals surface area contributed by atoms with E-state index < -0.39 is 11.7 Å². The summed E-state index contributed by atoms with van der Waals surface area (Å²) in [6.07, 6.45) is -3.25. The Labute approximate surface area is 159 Å². The van der Waals surface area contributed by atoms with Gasteiger partial charge in [-0.2, -0.15) is 13.2 Å². The van der Waals surface area contributed by atoms with Crippen LogP contribution in [-0.4, -0.2) is 22.4 Å². The van der Waals surface area contributed by atoms with E-state index in [9.17, 15) is 18.0 Å². The minimum atomic E-state index is -4.44. The molecule has 1 aromatic heterocycles. The van der Waals surface area contributed by atoms with Crippen LogP contribution in [0.4, 0.5) is 30.4 Å². The molecule has 2 aromatic carbocycles. The van der Waals surface area contributed by atoms with E-state index in [0.717, 1.165) is 17.8 Å². The van der Waals surface area contributed by atoms with Gasteiger partial charge in [0.25, 0.3) is 5.91 Å². The first-order valence-electron chi connectivity index (χ1n) is 8.51. The van der Waals surface area contributed by atoms with E-state index >= 15 is 0 Å². The molecule has 0 saturated carbocycles. The normalized spacial score (nSPS) is 11.1. The van der Waals surface area contributed by atoms with Crippen LogP contribution in [0.3, 0.4) is 0 Å². The molecule has 3 rings (SSSR count). The third-order valence-electron chi connectivity index (χ3n) is 3.98. The highest BCUT2D eigenvalue weighted by Gasteiger charge is 2.30. The van der Waals surface area contributed by atoms with Gasteiger partial charge in [0, 0.05) is 24.0 Å². The number of nitrogens with one attached hydrogen (secondary N) is 1. The molecule has 0 bridgehead atoms. The summed E-state index contributed by atoms with van der Waals surface area (Å²) in [6.45, 7) is 2.27. The number of alkyl halides is 3. The van der Waals surface area contributed by atoms with Gasteiger partial charge < -0.3 is 10.2 Å². The number of aromatic nitrogens is 2. The zero-order valence-corrected chi connectivity index (χ0v) is 14.9. The quantitative estimate of drug-likeness (QED) is 0.677. The predicted octanol–water partition coefficient (Wildman–Crippen LogP) is 4.91. The molecule has 0 aliphatic carbocycles. The summed E-state index contributed by atoms with van der Waals surface area (Å²) in [5.41, 5.74) is 0.294. The van der Waals surface area contributed by atoms with Gasteiger partial charge in [-0.25, -0.2) is 9.97 Å². The molecule has 8 heteroatoms. The third-order valence-corrected chi connectivity index (χ3v) is 3.98. The summed E-state index contributed by atoms with van der Waals surface area (Å²) in [7, 11) is 0. The number of rotatable bonds is 5. The Hall–Kier alpha value is -3.42. The number of carbonyl (C=O) groups is 1. The number of anilines is 3. The van der Waals surface area contributed by atoms with E-state index in [4.69, 9.17) is 0 Å². The second kappa shape index (κ2) is 8.08. The molecule has 0 saturated heterocycles. The van der Waals surface area contributed by atoms with Crippen molar-refractivity contribution in [1.29, 1.82) is 0 Å². The summed E-state index contributed by atoms with van der Waals surface area (Å²) in [5, 5.41) is 2.79. The van der Waals surface area contributed by atoms with E-state index in [1.54, 1.807) is 4.90 Å². The van der Waals surface area contributed by atoms with Crippen LogP contribution < -0.4 is 10.2 Å². The van der Waals surface area contributed by atoms with Gasteiger partial charge in [0.1, 0.15) is 17.8 Å². The fourth-order valence-corrected chi connectivity index (χ4v) is 2.65. The fourth-order valence-electron chi connectivity index (χ4n) is 2.65. The molecule has 1 N–H and O–H groups in total. The second-order valence-corrected chi connectivity index (χ2v) is 5.88. The molecule has 1 amide bonds. The van der Waals surface area contributed by atoms with Crippen molar-refractivity contribution in [2.24, 2.45) is 0 Å². The van der Waals surface area contributed by atoms with Crippen LogP contribution in [0.1, 0.15) is 23.0 Å². The maximum Gasteiger partial charge on any atom is 0.416 e. The van der Waals surface area contributed by atoms with Crippen LogP contribution in [0.25, 0.3) is 0 Å². The Morgan fingerprint density at radius 1 is 1.04 bits per heavy atom. The van der Waals surface area contributed by atoms with E-state index in [1.807, 2.05) is 37.3 Å². The highest BCUT2D eigenvalue weighted by atomic mass is 19.4. The average Bonchev–Trinajstić information content (AvgIpc) is 2.69. The van der Waals surface area contributed by atoms with Crippen molar-refractivity contribution < 1.29 is 18.0 Å². The third kappa shape index (κ3) is 4.46. The predicted molar refractivity (Wildman–Crippen MR) is 101 cm³/mol.